The Kier molecular flexibility index (Phi) is 2.95. The third-order valence-electron chi connectivity index (χ3n) is 3.86. The maximum atomic E-state index is 12.4. The molecule has 0 radical (unpaired) electrons. The van der Waals surface area contributed by atoms with Gasteiger partial charge in [-0.1, -0.05) is 27.7 Å². The van der Waals surface area contributed by atoms with E-state index in [4.69, 9.17) is 0 Å². The lowest BCUT2D eigenvalue weighted by molar-refractivity contribution is -0.129. The predicted octanol–water partition coefficient (Wildman–Crippen LogP) is 2.06. The highest BCUT2D eigenvalue weighted by molar-refractivity contribution is 6.09. The lowest BCUT2D eigenvalue weighted by atomic mass is 9.58. The minimum absolute atomic E-state index is 0.0931. The number of amides is 1. The molecule has 18 heavy (non-hydrogen) atoms. The Morgan fingerprint density at radius 2 is 1.67 bits per heavy atom. The third-order valence-corrected chi connectivity index (χ3v) is 3.86. The van der Waals surface area contributed by atoms with Gasteiger partial charge in [-0.3, -0.25) is 15.1 Å². The zero-order chi connectivity index (χ0) is 13.6. The Labute approximate surface area is 110 Å². The molecule has 0 aromatic rings. The molecule has 1 aliphatic carbocycles. The quantitative estimate of drug-likeness (QED) is 0.749. The summed E-state index contributed by atoms with van der Waals surface area (Å²) in [4.78, 5) is 16.7. The molecule has 1 aliphatic heterocycles. The highest BCUT2D eigenvalue weighted by Crippen LogP contribution is 2.50. The van der Waals surface area contributed by atoms with Crippen LogP contribution in [0.2, 0.25) is 0 Å². The standard InChI is InChI=1S/C14H25N3O/c1-6-15-11-16-10(18)14(17-11)8-12(2,3)7-13(4,5)9-14/h6-9H2,1-5H3,(H2,15,16,17,18). The largest absolute Gasteiger partial charge is 0.342 e. The first-order valence-electron chi connectivity index (χ1n) is 6.82. The van der Waals surface area contributed by atoms with E-state index in [2.05, 4.69) is 43.3 Å². The second-order valence-corrected chi connectivity index (χ2v) is 7.34. The number of rotatable bonds is 1. The van der Waals surface area contributed by atoms with Crippen molar-refractivity contribution in [2.45, 2.75) is 59.4 Å². The van der Waals surface area contributed by atoms with Crippen molar-refractivity contribution in [3.8, 4) is 0 Å². The summed E-state index contributed by atoms with van der Waals surface area (Å²) in [6.45, 7) is 11.7. The van der Waals surface area contributed by atoms with Crippen molar-refractivity contribution in [1.29, 1.82) is 0 Å². The van der Waals surface area contributed by atoms with Crippen LogP contribution >= 0.6 is 0 Å². The minimum atomic E-state index is -0.459. The van der Waals surface area contributed by atoms with E-state index >= 15 is 0 Å². The molecule has 0 bridgehead atoms. The molecule has 1 saturated heterocycles. The summed E-state index contributed by atoms with van der Waals surface area (Å²) in [5.74, 6) is 0.742. The first-order valence-corrected chi connectivity index (χ1v) is 6.82. The summed E-state index contributed by atoms with van der Waals surface area (Å²) in [6.07, 6.45) is 2.90. The molecule has 4 nitrogen and oxygen atoms in total. The summed E-state index contributed by atoms with van der Waals surface area (Å²) >= 11 is 0. The summed E-state index contributed by atoms with van der Waals surface area (Å²) in [5.41, 5.74) is -0.110. The first kappa shape index (κ1) is 13.4. The van der Waals surface area contributed by atoms with Crippen LogP contribution in [-0.4, -0.2) is 24.0 Å². The van der Waals surface area contributed by atoms with E-state index in [9.17, 15) is 4.79 Å². The van der Waals surface area contributed by atoms with Crippen LogP contribution in [0.15, 0.2) is 4.99 Å². The molecule has 0 aromatic heterocycles. The summed E-state index contributed by atoms with van der Waals surface area (Å²) in [5, 5.41) is 6.25. The van der Waals surface area contributed by atoms with Crippen LogP contribution in [0.5, 0.6) is 0 Å². The van der Waals surface area contributed by atoms with E-state index in [1.165, 1.54) is 0 Å². The fraction of sp³-hybridized carbons (Fsp3) is 0.857. The van der Waals surface area contributed by atoms with Gasteiger partial charge in [-0.15, -0.1) is 0 Å². The smallest absolute Gasteiger partial charge is 0.252 e. The lowest BCUT2D eigenvalue weighted by Crippen LogP contribution is -2.56. The van der Waals surface area contributed by atoms with Gasteiger partial charge in [-0.05, 0) is 37.0 Å². The van der Waals surface area contributed by atoms with Crippen molar-refractivity contribution in [3.63, 3.8) is 0 Å². The van der Waals surface area contributed by atoms with Gasteiger partial charge in [0.25, 0.3) is 5.91 Å². The van der Waals surface area contributed by atoms with E-state index in [1.807, 2.05) is 6.92 Å². The SMILES string of the molecule is CCN=C1NC(=O)C2(CC(C)(C)CC(C)(C)C2)N1. The topological polar surface area (TPSA) is 53.5 Å². The Morgan fingerprint density at radius 1 is 1.11 bits per heavy atom. The molecule has 1 saturated carbocycles. The van der Waals surface area contributed by atoms with E-state index in [-0.39, 0.29) is 16.7 Å². The van der Waals surface area contributed by atoms with Gasteiger partial charge in [0.05, 0.1) is 0 Å². The maximum Gasteiger partial charge on any atom is 0.252 e. The van der Waals surface area contributed by atoms with Crippen molar-refractivity contribution in [3.05, 3.63) is 0 Å². The number of nitrogens with one attached hydrogen (secondary N) is 2. The molecule has 0 aromatic carbocycles. The number of guanidine groups is 1. The van der Waals surface area contributed by atoms with E-state index in [0.717, 1.165) is 19.3 Å². The third kappa shape index (κ3) is 2.38. The van der Waals surface area contributed by atoms with E-state index in [1.54, 1.807) is 0 Å². The number of carbonyl (C=O) groups is 1. The Balaban J connectivity index is 2.31. The monoisotopic (exact) mass is 251 g/mol. The van der Waals surface area contributed by atoms with Gasteiger partial charge in [0.2, 0.25) is 0 Å². The van der Waals surface area contributed by atoms with Crippen molar-refractivity contribution >= 4 is 11.9 Å². The van der Waals surface area contributed by atoms with Gasteiger partial charge in [-0.25, -0.2) is 0 Å². The zero-order valence-corrected chi connectivity index (χ0v) is 12.2. The molecule has 2 N–H and O–H groups in total. The Morgan fingerprint density at radius 3 is 2.17 bits per heavy atom. The number of hydrogen-bond donors (Lipinski definition) is 2. The van der Waals surface area contributed by atoms with Crippen molar-refractivity contribution in [2.24, 2.45) is 15.8 Å². The molecule has 4 heteroatoms. The second kappa shape index (κ2) is 3.97. The molecular formula is C14H25N3O. The molecule has 2 fully saturated rings. The molecule has 2 aliphatic rings. The zero-order valence-electron chi connectivity index (χ0n) is 12.2. The highest BCUT2D eigenvalue weighted by atomic mass is 16.2. The van der Waals surface area contributed by atoms with Gasteiger partial charge in [0.1, 0.15) is 5.54 Å². The maximum absolute atomic E-state index is 12.4. The molecule has 0 atom stereocenters. The van der Waals surface area contributed by atoms with Crippen LogP contribution in [0.25, 0.3) is 0 Å². The molecule has 1 heterocycles. The first-order chi connectivity index (χ1) is 8.18. The van der Waals surface area contributed by atoms with Crippen molar-refractivity contribution in [2.75, 3.05) is 6.54 Å². The molecular weight excluding hydrogens is 226 g/mol. The lowest BCUT2D eigenvalue weighted by Gasteiger charge is -2.49. The van der Waals surface area contributed by atoms with Crippen LogP contribution < -0.4 is 10.6 Å². The molecule has 102 valence electrons. The van der Waals surface area contributed by atoms with Crippen molar-refractivity contribution in [1.82, 2.24) is 10.6 Å². The normalized spacial score (nSPS) is 30.3. The number of aliphatic imine (C=N–C) groups is 1. The van der Waals surface area contributed by atoms with Gasteiger partial charge in [-0.2, -0.15) is 0 Å². The molecule has 0 unspecified atom stereocenters. The van der Waals surface area contributed by atoms with E-state index < -0.39 is 5.54 Å². The van der Waals surface area contributed by atoms with Crippen LogP contribution in [-0.2, 0) is 4.79 Å². The second-order valence-electron chi connectivity index (χ2n) is 7.34. The molecule has 1 spiro atoms. The molecule has 1 amide bonds. The van der Waals surface area contributed by atoms with Gasteiger partial charge in [0, 0.05) is 6.54 Å². The van der Waals surface area contributed by atoms with Crippen molar-refractivity contribution < 1.29 is 4.79 Å². The Hall–Kier alpha value is -1.06. The molecule has 2 rings (SSSR count). The van der Waals surface area contributed by atoms with Gasteiger partial charge in [0.15, 0.2) is 5.96 Å². The fourth-order valence-electron chi connectivity index (χ4n) is 4.14. The average molecular weight is 251 g/mol. The van der Waals surface area contributed by atoms with Crippen LogP contribution in [0, 0.1) is 10.8 Å². The minimum Gasteiger partial charge on any atom is -0.342 e. The predicted molar refractivity (Wildman–Crippen MR) is 73.4 cm³/mol. The fourth-order valence-corrected chi connectivity index (χ4v) is 4.14. The summed E-state index contributed by atoms with van der Waals surface area (Å²) in [7, 11) is 0. The van der Waals surface area contributed by atoms with Gasteiger partial charge < -0.3 is 5.32 Å². The number of nitrogens with zero attached hydrogens (tertiary/aromatic N) is 1. The number of carbonyl (C=O) groups excluding carboxylic acids is 1. The van der Waals surface area contributed by atoms with Crippen LogP contribution in [0.3, 0.4) is 0 Å². The highest BCUT2D eigenvalue weighted by Gasteiger charge is 2.54. The van der Waals surface area contributed by atoms with Crippen LogP contribution in [0.4, 0.5) is 0 Å². The van der Waals surface area contributed by atoms with E-state index in [0.29, 0.717) is 12.5 Å². The average Bonchev–Trinajstić information content (AvgIpc) is 2.37. The Bertz CT molecular complexity index is 380. The van der Waals surface area contributed by atoms with Gasteiger partial charge >= 0.3 is 0 Å². The summed E-state index contributed by atoms with van der Waals surface area (Å²) in [6, 6.07) is 0. The summed E-state index contributed by atoms with van der Waals surface area (Å²) < 4.78 is 0. The van der Waals surface area contributed by atoms with Crippen LogP contribution in [0.1, 0.15) is 53.9 Å². The number of hydrogen-bond acceptors (Lipinski definition) is 2.